The van der Waals surface area contributed by atoms with Gasteiger partial charge in [0.05, 0.1) is 37.2 Å². The zero-order valence-electron chi connectivity index (χ0n) is 27.5. The van der Waals surface area contributed by atoms with E-state index in [1.807, 2.05) is 61.5 Å². The number of nitrogens with one attached hydrogen (secondary N) is 2. The summed E-state index contributed by atoms with van der Waals surface area (Å²) >= 11 is 3.74. The number of hydrogen-bond acceptors (Lipinski definition) is 7. The molecule has 3 fully saturated rings. The maximum absolute atomic E-state index is 14.6. The molecule has 3 aliphatic heterocycles. The molecule has 254 valence electrons. The van der Waals surface area contributed by atoms with Gasteiger partial charge in [-0.3, -0.25) is 14.4 Å². The third-order valence-corrected chi connectivity index (χ3v) is 10.7. The fourth-order valence-corrected chi connectivity index (χ4v) is 8.72. The fraction of sp³-hybridized carbons (Fsp3) is 0.432. The van der Waals surface area contributed by atoms with E-state index in [2.05, 4.69) is 45.3 Å². The van der Waals surface area contributed by atoms with Gasteiger partial charge in [0, 0.05) is 35.0 Å². The Bertz CT molecular complexity index is 1600. The first-order chi connectivity index (χ1) is 23.2. The van der Waals surface area contributed by atoms with Gasteiger partial charge in [-0.25, -0.2) is 0 Å². The zero-order chi connectivity index (χ0) is 34.0. The van der Waals surface area contributed by atoms with Crippen molar-refractivity contribution in [2.75, 3.05) is 41.8 Å². The Labute approximate surface area is 289 Å². The van der Waals surface area contributed by atoms with Crippen molar-refractivity contribution < 1.29 is 29.0 Å². The highest BCUT2D eigenvalue weighted by molar-refractivity contribution is 9.09. The summed E-state index contributed by atoms with van der Waals surface area (Å²) in [7, 11) is 0. The van der Waals surface area contributed by atoms with Crippen molar-refractivity contribution in [3.05, 3.63) is 84.4 Å². The number of carbonyl (C=O) groups excluding carboxylic acids is 3. The number of hydrogen-bond donors (Lipinski definition) is 3. The van der Waals surface area contributed by atoms with Crippen LogP contribution in [0.15, 0.2) is 78.9 Å². The van der Waals surface area contributed by atoms with Crippen LogP contribution < -0.4 is 20.3 Å². The van der Waals surface area contributed by atoms with Crippen LogP contribution in [0.25, 0.3) is 0 Å². The van der Waals surface area contributed by atoms with E-state index in [0.717, 1.165) is 24.3 Å². The van der Waals surface area contributed by atoms with Gasteiger partial charge < -0.3 is 35.0 Å². The summed E-state index contributed by atoms with van der Waals surface area (Å²) in [5.74, 6) is -2.22. The molecule has 3 aliphatic rings. The molecule has 3 amide bonds. The topological polar surface area (TPSA) is 120 Å². The Hall–Kier alpha value is -3.93. The highest BCUT2D eigenvalue weighted by atomic mass is 79.9. The molecular formula is C37H43BrN4O6. The van der Waals surface area contributed by atoms with E-state index in [-0.39, 0.29) is 23.2 Å². The highest BCUT2D eigenvalue weighted by Crippen LogP contribution is 2.60. The lowest BCUT2D eigenvalue weighted by molar-refractivity contribution is -0.143. The van der Waals surface area contributed by atoms with Gasteiger partial charge >= 0.3 is 0 Å². The van der Waals surface area contributed by atoms with Crippen molar-refractivity contribution in [3.63, 3.8) is 0 Å². The first kappa shape index (κ1) is 34.0. The van der Waals surface area contributed by atoms with Gasteiger partial charge in [0.25, 0.3) is 0 Å². The number of rotatable bonds is 13. The van der Waals surface area contributed by atoms with Crippen LogP contribution in [0, 0.1) is 11.8 Å². The van der Waals surface area contributed by atoms with Crippen molar-refractivity contribution >= 4 is 50.7 Å². The maximum atomic E-state index is 14.6. The number of nitrogens with zero attached hydrogens (tertiary/aromatic N) is 2. The Kier molecular flexibility index (Phi) is 10.1. The number of aliphatic hydroxyl groups excluding tert-OH is 1. The van der Waals surface area contributed by atoms with E-state index < -0.39 is 41.5 Å². The summed E-state index contributed by atoms with van der Waals surface area (Å²) in [6, 6.07) is 22.4. The second-order valence-corrected chi connectivity index (χ2v) is 13.8. The molecule has 3 N–H and O–H groups in total. The van der Waals surface area contributed by atoms with E-state index in [1.54, 1.807) is 24.3 Å². The zero-order valence-corrected chi connectivity index (χ0v) is 29.1. The molecule has 0 aliphatic carbocycles. The number of carbonyl (C=O) groups is 3. The average molecular weight is 720 g/mol. The molecule has 0 radical (unpaired) electrons. The normalized spacial score (nSPS) is 26.2. The van der Waals surface area contributed by atoms with Crippen LogP contribution in [0.3, 0.4) is 0 Å². The molecular weight excluding hydrogens is 676 g/mol. The van der Waals surface area contributed by atoms with Crippen molar-refractivity contribution in [1.29, 1.82) is 0 Å². The van der Waals surface area contributed by atoms with Crippen molar-refractivity contribution in [2.24, 2.45) is 11.8 Å². The van der Waals surface area contributed by atoms with Crippen LogP contribution in [-0.4, -0.2) is 82.6 Å². The summed E-state index contributed by atoms with van der Waals surface area (Å²) in [6.45, 7) is 7.95. The smallest absolute Gasteiger partial charge is 0.250 e. The lowest BCUT2D eigenvalue weighted by atomic mass is 9.70. The lowest BCUT2D eigenvalue weighted by Gasteiger charge is -2.37. The standard InChI is InChI=1S/C37H43BrN4O6/c1-4-41(5-2)26-16-12-24(13-17-26)40-35(45)33-37-21-29(38)32(48-37)30(34(44)39-25-14-18-28(19-15-25)47-6-3)31(37)36(46)42(33)27(22-43)20-23-10-8-7-9-11-23/h7-19,27,29-33,43H,4-6,20-22H2,1-3H3,(H,39,44)(H,40,45)/t27-,29?,30-,31+,32-,33?,37?/m1/s1. The van der Waals surface area contributed by atoms with Crippen molar-refractivity contribution in [1.82, 2.24) is 4.90 Å². The quantitative estimate of drug-likeness (QED) is 0.216. The summed E-state index contributed by atoms with van der Waals surface area (Å²) < 4.78 is 12.2. The van der Waals surface area contributed by atoms with Crippen LogP contribution in [0.1, 0.15) is 32.8 Å². The Morgan fingerprint density at radius 1 is 0.979 bits per heavy atom. The van der Waals surface area contributed by atoms with Crippen LogP contribution in [0.2, 0.25) is 0 Å². The molecule has 3 aromatic carbocycles. The van der Waals surface area contributed by atoms with Gasteiger partial charge in [-0.15, -0.1) is 0 Å². The molecule has 11 heteroatoms. The van der Waals surface area contributed by atoms with Crippen LogP contribution in [-0.2, 0) is 25.5 Å². The predicted molar refractivity (Wildman–Crippen MR) is 188 cm³/mol. The van der Waals surface area contributed by atoms with Gasteiger partial charge in [0.2, 0.25) is 17.7 Å². The van der Waals surface area contributed by atoms with Gasteiger partial charge in [0.1, 0.15) is 17.4 Å². The van der Waals surface area contributed by atoms with Gasteiger partial charge in [0.15, 0.2) is 0 Å². The first-order valence-electron chi connectivity index (χ1n) is 16.7. The molecule has 3 aromatic rings. The number of anilines is 3. The van der Waals surface area contributed by atoms with Gasteiger partial charge in [-0.2, -0.15) is 0 Å². The Morgan fingerprint density at radius 3 is 2.21 bits per heavy atom. The molecule has 6 rings (SSSR count). The summed E-state index contributed by atoms with van der Waals surface area (Å²) in [5, 5.41) is 16.7. The number of aliphatic hydroxyl groups is 1. The number of halogens is 1. The number of amides is 3. The van der Waals surface area contributed by atoms with Crippen LogP contribution in [0.5, 0.6) is 5.75 Å². The second-order valence-electron chi connectivity index (χ2n) is 12.6. The molecule has 0 aromatic heterocycles. The molecule has 2 bridgehead atoms. The molecule has 3 heterocycles. The summed E-state index contributed by atoms with van der Waals surface area (Å²) in [5.41, 5.74) is 1.83. The van der Waals surface area contributed by atoms with Crippen LogP contribution >= 0.6 is 15.9 Å². The molecule has 0 saturated carbocycles. The first-order valence-corrected chi connectivity index (χ1v) is 17.6. The number of ether oxygens (including phenoxy) is 2. The van der Waals surface area contributed by atoms with E-state index in [1.165, 1.54) is 4.90 Å². The SMILES string of the molecule is CCOc1ccc(NC(=O)[C@H]2[C@@H]3OC4(CC3Br)C(C(=O)Nc3ccc(N(CC)CC)cc3)N([C@@H](CO)Cc3ccccc3)C(=O)[C@H]24)cc1. The minimum atomic E-state index is -1.27. The monoisotopic (exact) mass is 718 g/mol. The molecule has 3 unspecified atom stereocenters. The van der Waals surface area contributed by atoms with Gasteiger partial charge in [-0.05, 0) is 87.7 Å². The number of benzene rings is 3. The maximum Gasteiger partial charge on any atom is 0.250 e. The fourth-order valence-electron chi connectivity index (χ4n) is 7.78. The largest absolute Gasteiger partial charge is 0.494 e. The van der Waals surface area contributed by atoms with Gasteiger partial charge in [-0.1, -0.05) is 46.3 Å². The van der Waals surface area contributed by atoms with Crippen molar-refractivity contribution in [3.8, 4) is 5.75 Å². The summed E-state index contributed by atoms with van der Waals surface area (Å²) in [4.78, 5) is 46.6. The third kappa shape index (κ3) is 6.19. The van der Waals surface area contributed by atoms with Crippen LogP contribution in [0.4, 0.5) is 17.1 Å². The molecule has 3 saturated heterocycles. The molecule has 1 spiro atoms. The van der Waals surface area contributed by atoms with E-state index in [4.69, 9.17) is 9.47 Å². The highest BCUT2D eigenvalue weighted by Gasteiger charge is 2.77. The summed E-state index contributed by atoms with van der Waals surface area (Å²) in [6.07, 6.45) is 0.0762. The lowest BCUT2D eigenvalue weighted by Crippen LogP contribution is -2.57. The molecule has 10 nitrogen and oxygen atoms in total. The Balaban J connectivity index is 1.33. The predicted octanol–water partition coefficient (Wildman–Crippen LogP) is 4.86. The number of fused-ring (bicyclic) bond motifs is 1. The van der Waals surface area contributed by atoms with E-state index in [9.17, 15) is 19.5 Å². The Morgan fingerprint density at radius 2 is 1.60 bits per heavy atom. The number of alkyl halides is 1. The second kappa shape index (κ2) is 14.3. The molecule has 7 atom stereocenters. The van der Waals surface area contributed by atoms with Crippen molar-refractivity contribution in [2.45, 2.75) is 62.2 Å². The minimum absolute atomic E-state index is 0.261. The van der Waals surface area contributed by atoms with E-state index in [0.29, 0.717) is 36.6 Å². The minimum Gasteiger partial charge on any atom is -0.494 e. The number of likely N-dealkylation sites (tertiary alicyclic amines) is 1. The molecule has 48 heavy (non-hydrogen) atoms. The average Bonchev–Trinajstić information content (AvgIpc) is 3.69. The van der Waals surface area contributed by atoms with E-state index >= 15 is 0 Å². The third-order valence-electron chi connectivity index (χ3n) is 9.89.